The Hall–Kier alpha value is -2.50. The third-order valence-corrected chi connectivity index (χ3v) is 3.12. The average molecular weight is 316 g/mol. The van der Waals surface area contributed by atoms with Gasteiger partial charge in [-0.05, 0) is 36.6 Å². The second kappa shape index (κ2) is 7.67. The second-order valence-corrected chi connectivity index (χ2v) is 5.80. The molecule has 0 aliphatic rings. The zero-order valence-corrected chi connectivity index (χ0v) is 13.6. The van der Waals surface area contributed by atoms with Crippen LogP contribution in [0.5, 0.6) is 0 Å². The van der Waals surface area contributed by atoms with E-state index in [9.17, 15) is 9.18 Å². The van der Waals surface area contributed by atoms with Gasteiger partial charge in [-0.1, -0.05) is 26.0 Å². The molecule has 2 N–H and O–H groups in total. The van der Waals surface area contributed by atoms with Crippen molar-refractivity contribution in [3.8, 4) is 0 Å². The van der Waals surface area contributed by atoms with Gasteiger partial charge in [-0.15, -0.1) is 0 Å². The van der Waals surface area contributed by atoms with Gasteiger partial charge < -0.3 is 10.6 Å². The molecule has 1 aromatic heterocycles. The Balaban J connectivity index is 2.02. The predicted octanol–water partition coefficient (Wildman–Crippen LogP) is 2.92. The summed E-state index contributed by atoms with van der Waals surface area (Å²) >= 11 is 0. The van der Waals surface area contributed by atoms with Gasteiger partial charge in [0.15, 0.2) is 0 Å². The van der Waals surface area contributed by atoms with E-state index in [4.69, 9.17) is 0 Å². The van der Waals surface area contributed by atoms with Crippen LogP contribution in [0.3, 0.4) is 0 Å². The number of nitrogens with one attached hydrogen (secondary N) is 2. The summed E-state index contributed by atoms with van der Waals surface area (Å²) in [4.78, 5) is 20.7. The smallest absolute Gasteiger partial charge is 0.270 e. The van der Waals surface area contributed by atoms with Crippen LogP contribution in [0.4, 0.5) is 10.3 Å². The molecule has 1 amide bonds. The molecule has 2 rings (SSSR count). The Kier molecular flexibility index (Phi) is 5.62. The molecule has 6 heteroatoms. The van der Waals surface area contributed by atoms with E-state index in [1.54, 1.807) is 18.2 Å². The van der Waals surface area contributed by atoms with Crippen LogP contribution >= 0.6 is 0 Å². The fourth-order valence-electron chi connectivity index (χ4n) is 1.93. The van der Waals surface area contributed by atoms with E-state index in [1.165, 1.54) is 12.1 Å². The zero-order valence-electron chi connectivity index (χ0n) is 13.6. The summed E-state index contributed by atoms with van der Waals surface area (Å²) < 4.78 is 12.9. The summed E-state index contributed by atoms with van der Waals surface area (Å²) in [5.41, 5.74) is 1.85. The van der Waals surface area contributed by atoms with Crippen LogP contribution in [0.25, 0.3) is 0 Å². The van der Waals surface area contributed by atoms with Crippen LogP contribution in [0.2, 0.25) is 0 Å². The van der Waals surface area contributed by atoms with Gasteiger partial charge in [0.2, 0.25) is 5.95 Å². The van der Waals surface area contributed by atoms with Crippen molar-refractivity contribution in [3.63, 3.8) is 0 Å². The predicted molar refractivity (Wildman–Crippen MR) is 87.7 cm³/mol. The molecule has 23 heavy (non-hydrogen) atoms. The molecule has 0 fully saturated rings. The molecule has 2 aromatic rings. The van der Waals surface area contributed by atoms with Crippen LogP contribution < -0.4 is 10.6 Å². The highest BCUT2D eigenvalue weighted by atomic mass is 19.1. The van der Waals surface area contributed by atoms with Gasteiger partial charge in [-0.3, -0.25) is 4.79 Å². The highest BCUT2D eigenvalue weighted by molar-refractivity contribution is 5.92. The van der Waals surface area contributed by atoms with Crippen molar-refractivity contribution >= 4 is 11.9 Å². The van der Waals surface area contributed by atoms with Gasteiger partial charge in [-0.25, -0.2) is 14.4 Å². The molecule has 0 saturated carbocycles. The number of aromatic nitrogens is 2. The van der Waals surface area contributed by atoms with Gasteiger partial charge in [0, 0.05) is 18.8 Å². The molecule has 5 nitrogen and oxygen atoms in total. The van der Waals surface area contributed by atoms with Gasteiger partial charge in [-0.2, -0.15) is 0 Å². The number of nitrogens with zero attached hydrogens (tertiary/aromatic N) is 2. The first-order valence-corrected chi connectivity index (χ1v) is 7.56. The fourth-order valence-corrected chi connectivity index (χ4v) is 1.93. The lowest BCUT2D eigenvalue weighted by Crippen LogP contribution is -2.24. The second-order valence-electron chi connectivity index (χ2n) is 5.80. The summed E-state index contributed by atoms with van der Waals surface area (Å²) in [5.74, 6) is 0.320. The number of hydrogen-bond acceptors (Lipinski definition) is 4. The number of benzene rings is 1. The van der Waals surface area contributed by atoms with E-state index >= 15 is 0 Å². The minimum absolute atomic E-state index is 0.285. The third-order valence-electron chi connectivity index (χ3n) is 3.12. The molecule has 0 bridgehead atoms. The minimum Gasteiger partial charge on any atom is -0.354 e. The van der Waals surface area contributed by atoms with E-state index in [-0.39, 0.29) is 11.7 Å². The first-order valence-electron chi connectivity index (χ1n) is 7.56. The van der Waals surface area contributed by atoms with Gasteiger partial charge >= 0.3 is 0 Å². The maximum absolute atomic E-state index is 12.9. The Bertz CT molecular complexity index is 671. The van der Waals surface area contributed by atoms with Crippen molar-refractivity contribution in [1.82, 2.24) is 15.3 Å². The van der Waals surface area contributed by atoms with Crippen molar-refractivity contribution in [1.29, 1.82) is 0 Å². The summed E-state index contributed by atoms with van der Waals surface area (Å²) in [5, 5.41) is 5.89. The highest BCUT2D eigenvalue weighted by Gasteiger charge is 2.10. The quantitative estimate of drug-likeness (QED) is 0.860. The molecule has 0 aliphatic carbocycles. The van der Waals surface area contributed by atoms with E-state index < -0.39 is 0 Å². The van der Waals surface area contributed by atoms with E-state index in [0.29, 0.717) is 24.1 Å². The first kappa shape index (κ1) is 16.9. The zero-order chi connectivity index (χ0) is 16.8. The molecule has 0 saturated heterocycles. The summed E-state index contributed by atoms with van der Waals surface area (Å²) in [7, 11) is 0. The lowest BCUT2D eigenvalue weighted by molar-refractivity contribution is 0.0945. The Morgan fingerprint density at radius 2 is 1.91 bits per heavy atom. The van der Waals surface area contributed by atoms with Gasteiger partial charge in [0.05, 0.1) is 0 Å². The number of amides is 1. The summed E-state index contributed by atoms with van der Waals surface area (Å²) in [6.07, 6.45) is 0. The molecule has 1 aromatic carbocycles. The van der Waals surface area contributed by atoms with Crippen molar-refractivity contribution in [3.05, 3.63) is 53.1 Å². The third kappa shape index (κ3) is 5.32. The van der Waals surface area contributed by atoms with Gasteiger partial charge in [0.25, 0.3) is 5.91 Å². The van der Waals surface area contributed by atoms with Crippen molar-refractivity contribution < 1.29 is 9.18 Å². The van der Waals surface area contributed by atoms with Crippen LogP contribution in [0, 0.1) is 18.7 Å². The van der Waals surface area contributed by atoms with Crippen molar-refractivity contribution in [2.75, 3.05) is 11.9 Å². The van der Waals surface area contributed by atoms with E-state index in [1.807, 2.05) is 6.92 Å². The maximum Gasteiger partial charge on any atom is 0.270 e. The molecule has 1 heterocycles. The van der Waals surface area contributed by atoms with Crippen LogP contribution in [-0.4, -0.2) is 22.4 Å². The van der Waals surface area contributed by atoms with Crippen molar-refractivity contribution in [2.45, 2.75) is 27.3 Å². The standard InChI is InChI=1S/C17H21FN4O/c1-11(2)9-20-17-21-12(3)8-15(22-17)16(23)19-10-13-4-6-14(18)7-5-13/h4-8,11H,9-10H2,1-3H3,(H,19,23)(H,20,21,22). The normalized spacial score (nSPS) is 10.7. The van der Waals surface area contributed by atoms with Crippen LogP contribution in [-0.2, 0) is 6.54 Å². The number of halogens is 1. The van der Waals surface area contributed by atoms with Crippen molar-refractivity contribution in [2.24, 2.45) is 5.92 Å². The van der Waals surface area contributed by atoms with Crippen LogP contribution in [0.1, 0.15) is 35.6 Å². The Morgan fingerprint density at radius 1 is 1.22 bits per heavy atom. The molecular formula is C17H21FN4O. The topological polar surface area (TPSA) is 66.9 Å². The minimum atomic E-state index is -0.299. The number of hydrogen-bond donors (Lipinski definition) is 2. The average Bonchev–Trinajstić information content (AvgIpc) is 2.51. The number of aryl methyl sites for hydroxylation is 1. The first-order chi connectivity index (χ1) is 10.9. The number of carbonyl (C=O) groups is 1. The highest BCUT2D eigenvalue weighted by Crippen LogP contribution is 2.07. The van der Waals surface area contributed by atoms with Crippen LogP contribution in [0.15, 0.2) is 30.3 Å². The number of anilines is 1. The Morgan fingerprint density at radius 3 is 2.57 bits per heavy atom. The molecule has 122 valence electrons. The molecule has 0 aliphatic heterocycles. The summed E-state index contributed by atoms with van der Waals surface area (Å²) in [6, 6.07) is 7.64. The number of carbonyl (C=O) groups excluding carboxylic acids is 1. The lowest BCUT2D eigenvalue weighted by Gasteiger charge is -2.10. The fraction of sp³-hybridized carbons (Fsp3) is 0.353. The SMILES string of the molecule is Cc1cc(C(=O)NCc2ccc(F)cc2)nc(NCC(C)C)n1. The van der Waals surface area contributed by atoms with Gasteiger partial charge in [0.1, 0.15) is 11.5 Å². The van der Waals surface area contributed by atoms with E-state index in [0.717, 1.165) is 17.8 Å². The monoisotopic (exact) mass is 316 g/mol. The maximum atomic E-state index is 12.9. The largest absolute Gasteiger partial charge is 0.354 e. The Labute approximate surface area is 135 Å². The molecule has 0 unspecified atom stereocenters. The lowest BCUT2D eigenvalue weighted by atomic mass is 10.2. The molecular weight excluding hydrogens is 295 g/mol. The number of rotatable bonds is 6. The molecule has 0 atom stereocenters. The molecule has 0 spiro atoms. The summed E-state index contributed by atoms with van der Waals surface area (Å²) in [6.45, 7) is 7.04. The molecule has 0 radical (unpaired) electrons. The van der Waals surface area contributed by atoms with E-state index in [2.05, 4.69) is 34.4 Å².